The lowest BCUT2D eigenvalue weighted by Crippen LogP contribution is -2.41. The second kappa shape index (κ2) is 9.37. The van der Waals surface area contributed by atoms with Crippen LogP contribution < -0.4 is 14.4 Å². The van der Waals surface area contributed by atoms with Crippen LogP contribution in [0.5, 0.6) is 5.75 Å². The minimum atomic E-state index is -3.84. The fourth-order valence-electron chi connectivity index (χ4n) is 2.79. The number of benzene rings is 2. The highest BCUT2D eigenvalue weighted by molar-refractivity contribution is 7.92. The molecule has 9 nitrogen and oxygen atoms in total. The summed E-state index contributed by atoms with van der Waals surface area (Å²) in [6, 6.07) is 12.0. The number of rotatable bonds is 9. The van der Waals surface area contributed by atoms with Gasteiger partial charge in [-0.3, -0.25) is 19.2 Å². The Morgan fingerprint density at radius 1 is 1.24 bits per heavy atom. The van der Waals surface area contributed by atoms with E-state index >= 15 is 0 Å². The van der Waals surface area contributed by atoms with Gasteiger partial charge in [-0.25, -0.2) is 8.42 Å². The highest BCUT2D eigenvalue weighted by Gasteiger charge is 2.24. The van der Waals surface area contributed by atoms with Gasteiger partial charge in [0.05, 0.1) is 30.0 Å². The zero-order chi connectivity index (χ0) is 21.6. The number of sulfonamides is 1. The molecule has 1 N–H and O–H groups in total. The van der Waals surface area contributed by atoms with Crippen LogP contribution in [0.4, 0.5) is 11.4 Å². The van der Waals surface area contributed by atoms with Crippen LogP contribution in [-0.4, -0.2) is 39.2 Å². The van der Waals surface area contributed by atoms with Gasteiger partial charge in [-0.15, -0.1) is 0 Å². The quantitative estimate of drug-likeness (QED) is 0.491. The molecule has 2 aromatic carbocycles. The zero-order valence-electron chi connectivity index (χ0n) is 16.4. The number of nitrogens with zero attached hydrogens (tertiary/aromatic N) is 2. The van der Waals surface area contributed by atoms with Crippen LogP contribution in [0.25, 0.3) is 0 Å². The molecule has 0 fully saturated rings. The number of ether oxygens (including phenoxy) is 1. The molecule has 0 bridgehead atoms. The number of hydrogen-bond acceptors (Lipinski definition) is 6. The summed E-state index contributed by atoms with van der Waals surface area (Å²) in [5.41, 5.74) is 0.637. The van der Waals surface area contributed by atoms with Crippen molar-refractivity contribution in [3.8, 4) is 5.75 Å². The van der Waals surface area contributed by atoms with Crippen LogP contribution in [0.2, 0.25) is 0 Å². The SMILES string of the molecule is CCC(NC(=O)CN(c1cccc([N+](=O)[O-])c1)S(C)(=O)=O)c1ccc(OC)cc1. The van der Waals surface area contributed by atoms with Crippen LogP contribution >= 0.6 is 0 Å². The standard InChI is InChI=1S/C19H23N3O6S/c1-4-18(14-8-10-17(28-2)11-9-14)20-19(23)13-21(29(3,26)27)15-6-5-7-16(12-15)22(24)25/h5-12,18H,4,13H2,1-3H3,(H,20,23). The molecule has 1 atom stereocenters. The summed E-state index contributed by atoms with van der Waals surface area (Å²) in [6.07, 6.45) is 1.54. The van der Waals surface area contributed by atoms with Crippen molar-refractivity contribution < 1.29 is 22.9 Å². The van der Waals surface area contributed by atoms with E-state index in [1.807, 2.05) is 19.1 Å². The molecule has 0 aliphatic rings. The third kappa shape index (κ3) is 5.92. The molecular weight excluding hydrogens is 398 g/mol. The summed E-state index contributed by atoms with van der Waals surface area (Å²) in [6.45, 7) is 1.40. The highest BCUT2D eigenvalue weighted by Crippen LogP contribution is 2.24. The number of anilines is 1. The van der Waals surface area contributed by atoms with Crippen molar-refractivity contribution in [2.24, 2.45) is 0 Å². The average Bonchev–Trinajstić information content (AvgIpc) is 2.69. The predicted octanol–water partition coefficient (Wildman–Crippen LogP) is 2.64. The molecule has 0 aliphatic carbocycles. The lowest BCUT2D eigenvalue weighted by atomic mass is 10.0. The molecule has 0 heterocycles. The maximum Gasteiger partial charge on any atom is 0.271 e. The summed E-state index contributed by atoms with van der Waals surface area (Å²) >= 11 is 0. The maximum absolute atomic E-state index is 12.6. The Bertz CT molecular complexity index is 976. The molecular formula is C19H23N3O6S. The first-order chi connectivity index (χ1) is 13.7. The van der Waals surface area contributed by atoms with Crippen LogP contribution in [0.1, 0.15) is 24.9 Å². The van der Waals surface area contributed by atoms with Crippen LogP contribution in [-0.2, 0) is 14.8 Å². The van der Waals surface area contributed by atoms with Crippen LogP contribution in [0.3, 0.4) is 0 Å². The Labute approximate surface area is 169 Å². The van der Waals surface area contributed by atoms with E-state index in [4.69, 9.17) is 4.74 Å². The number of carbonyl (C=O) groups is 1. The number of hydrogen-bond donors (Lipinski definition) is 1. The third-order valence-corrected chi connectivity index (χ3v) is 5.42. The summed E-state index contributed by atoms with van der Waals surface area (Å²) in [7, 11) is -2.28. The first kappa shape index (κ1) is 22.2. The monoisotopic (exact) mass is 421 g/mol. The van der Waals surface area contributed by atoms with Crippen LogP contribution in [0, 0.1) is 10.1 Å². The Hall–Kier alpha value is -3.14. The van der Waals surface area contributed by atoms with Crippen molar-refractivity contribution in [3.63, 3.8) is 0 Å². The van der Waals surface area contributed by atoms with Gasteiger partial charge in [-0.2, -0.15) is 0 Å². The molecule has 0 spiro atoms. The largest absolute Gasteiger partial charge is 0.497 e. The number of nitro groups is 1. The van der Waals surface area contributed by atoms with Gasteiger partial charge in [0.25, 0.3) is 5.69 Å². The molecule has 1 unspecified atom stereocenters. The minimum absolute atomic E-state index is 0.0503. The van der Waals surface area contributed by atoms with Crippen LogP contribution in [0.15, 0.2) is 48.5 Å². The van der Waals surface area contributed by atoms with E-state index in [1.165, 1.54) is 18.2 Å². The predicted molar refractivity (Wildman–Crippen MR) is 109 cm³/mol. The van der Waals surface area contributed by atoms with Gasteiger partial charge in [0.15, 0.2) is 0 Å². The van der Waals surface area contributed by atoms with E-state index in [2.05, 4.69) is 5.32 Å². The Morgan fingerprint density at radius 3 is 2.41 bits per heavy atom. The van der Waals surface area contributed by atoms with Gasteiger partial charge < -0.3 is 10.1 Å². The van der Waals surface area contributed by atoms with Crippen molar-refractivity contribution >= 4 is 27.3 Å². The lowest BCUT2D eigenvalue weighted by molar-refractivity contribution is -0.384. The Morgan fingerprint density at radius 2 is 1.90 bits per heavy atom. The average molecular weight is 421 g/mol. The second-order valence-corrected chi connectivity index (χ2v) is 8.25. The molecule has 0 saturated carbocycles. The third-order valence-electron chi connectivity index (χ3n) is 4.28. The van der Waals surface area contributed by atoms with Gasteiger partial charge in [0.2, 0.25) is 15.9 Å². The van der Waals surface area contributed by atoms with Gasteiger partial charge in [-0.05, 0) is 30.2 Å². The summed E-state index contributed by atoms with van der Waals surface area (Å²) in [4.78, 5) is 22.9. The molecule has 2 aromatic rings. The normalized spacial score (nSPS) is 12.1. The molecule has 0 aliphatic heterocycles. The second-order valence-electron chi connectivity index (χ2n) is 6.35. The van der Waals surface area contributed by atoms with E-state index in [0.717, 1.165) is 22.2 Å². The van der Waals surface area contributed by atoms with Gasteiger partial charge >= 0.3 is 0 Å². The smallest absolute Gasteiger partial charge is 0.271 e. The van der Waals surface area contributed by atoms with Gasteiger partial charge in [-0.1, -0.05) is 25.1 Å². The topological polar surface area (TPSA) is 119 Å². The molecule has 29 heavy (non-hydrogen) atoms. The minimum Gasteiger partial charge on any atom is -0.497 e. The van der Waals surface area contributed by atoms with Crippen molar-refractivity contribution in [1.82, 2.24) is 5.32 Å². The summed E-state index contributed by atoms with van der Waals surface area (Å²) < 4.78 is 30.4. The Kier molecular flexibility index (Phi) is 7.16. The molecule has 2 rings (SSSR count). The van der Waals surface area contributed by atoms with Gasteiger partial charge in [0, 0.05) is 12.1 Å². The number of non-ortho nitro benzene ring substituents is 1. The molecule has 156 valence electrons. The maximum atomic E-state index is 12.6. The number of carbonyl (C=O) groups excluding carboxylic acids is 1. The lowest BCUT2D eigenvalue weighted by Gasteiger charge is -2.24. The van der Waals surface area contributed by atoms with E-state index in [9.17, 15) is 23.3 Å². The fraction of sp³-hybridized carbons (Fsp3) is 0.316. The number of nitro benzene ring substituents is 1. The van der Waals surface area contributed by atoms with Gasteiger partial charge in [0.1, 0.15) is 12.3 Å². The van der Waals surface area contributed by atoms with E-state index in [-0.39, 0.29) is 17.4 Å². The van der Waals surface area contributed by atoms with Crippen molar-refractivity contribution in [1.29, 1.82) is 0 Å². The molecule has 0 saturated heterocycles. The first-order valence-electron chi connectivity index (χ1n) is 8.81. The van der Waals surface area contributed by atoms with E-state index in [1.54, 1.807) is 19.2 Å². The molecule has 1 amide bonds. The molecule has 10 heteroatoms. The van der Waals surface area contributed by atoms with Crippen molar-refractivity contribution in [2.45, 2.75) is 19.4 Å². The molecule has 0 aromatic heterocycles. The first-order valence-corrected chi connectivity index (χ1v) is 10.7. The molecule has 0 radical (unpaired) electrons. The van der Waals surface area contributed by atoms with E-state index < -0.39 is 27.4 Å². The van der Waals surface area contributed by atoms with Crippen molar-refractivity contribution in [2.75, 3.05) is 24.2 Å². The number of amides is 1. The summed E-state index contributed by atoms with van der Waals surface area (Å²) in [5.74, 6) is 0.161. The summed E-state index contributed by atoms with van der Waals surface area (Å²) in [5, 5.41) is 13.8. The van der Waals surface area contributed by atoms with Crippen molar-refractivity contribution in [3.05, 3.63) is 64.2 Å². The fourth-order valence-corrected chi connectivity index (χ4v) is 3.64. The number of methoxy groups -OCH3 is 1. The highest BCUT2D eigenvalue weighted by atomic mass is 32.2. The van der Waals surface area contributed by atoms with E-state index in [0.29, 0.717) is 12.2 Å². The Balaban J connectivity index is 2.21. The number of nitrogens with one attached hydrogen (secondary N) is 1. The zero-order valence-corrected chi connectivity index (χ0v) is 17.2.